The predicted molar refractivity (Wildman–Crippen MR) is 76.1 cm³/mol. The van der Waals surface area contributed by atoms with Crippen LogP contribution in [0, 0.1) is 0 Å². The molecule has 1 saturated heterocycles. The molecule has 0 bridgehead atoms. The Bertz CT molecular complexity index is 569. The van der Waals surface area contributed by atoms with Gasteiger partial charge in [0.2, 0.25) is 0 Å². The van der Waals surface area contributed by atoms with E-state index < -0.39 is 6.10 Å². The molecule has 1 heterocycles. The quantitative estimate of drug-likeness (QED) is 0.895. The molecule has 3 heteroatoms. The predicted octanol–water partition coefficient (Wildman–Crippen LogP) is 2.20. The second-order valence-corrected chi connectivity index (χ2v) is 5.22. The maximum absolute atomic E-state index is 10.5. The summed E-state index contributed by atoms with van der Waals surface area (Å²) in [6.07, 6.45) is -0.702. The van der Waals surface area contributed by atoms with Crippen LogP contribution < -0.4 is 0 Å². The Labute approximate surface area is 113 Å². The van der Waals surface area contributed by atoms with Crippen molar-refractivity contribution in [3.63, 3.8) is 0 Å². The summed E-state index contributed by atoms with van der Waals surface area (Å²) in [5, 5.41) is 12.8. The van der Waals surface area contributed by atoms with Crippen LogP contribution >= 0.6 is 0 Å². The third kappa shape index (κ3) is 2.63. The number of morpholine rings is 1. The standard InChI is InChI=1S/C16H19NO2/c1-17-8-9-19-15(11-17)16(18)14-7-6-12-4-2-3-5-13(12)10-14/h2-7,10,15-16,18H,8-9,11H2,1H3. The van der Waals surface area contributed by atoms with Crippen molar-refractivity contribution in [3.05, 3.63) is 48.0 Å². The van der Waals surface area contributed by atoms with Crippen molar-refractivity contribution >= 4 is 10.8 Å². The molecular formula is C16H19NO2. The SMILES string of the molecule is CN1CCOC(C(O)c2ccc3ccccc3c2)C1. The van der Waals surface area contributed by atoms with E-state index in [-0.39, 0.29) is 6.10 Å². The number of hydrogen-bond donors (Lipinski definition) is 1. The zero-order valence-corrected chi connectivity index (χ0v) is 11.1. The molecule has 1 aliphatic heterocycles. The van der Waals surface area contributed by atoms with E-state index in [9.17, 15) is 5.11 Å². The van der Waals surface area contributed by atoms with Crippen LogP contribution in [0.4, 0.5) is 0 Å². The van der Waals surface area contributed by atoms with Gasteiger partial charge < -0.3 is 14.7 Å². The van der Waals surface area contributed by atoms with Gasteiger partial charge in [-0.25, -0.2) is 0 Å². The fourth-order valence-electron chi connectivity index (χ4n) is 2.61. The summed E-state index contributed by atoms with van der Waals surface area (Å²) in [6.45, 7) is 2.39. The summed E-state index contributed by atoms with van der Waals surface area (Å²) in [5.74, 6) is 0. The molecule has 3 rings (SSSR count). The second-order valence-electron chi connectivity index (χ2n) is 5.22. The van der Waals surface area contributed by atoms with Gasteiger partial charge in [-0.1, -0.05) is 36.4 Å². The molecule has 2 atom stereocenters. The van der Waals surface area contributed by atoms with Crippen LogP contribution in [-0.2, 0) is 4.74 Å². The molecule has 2 aromatic carbocycles. The van der Waals surface area contributed by atoms with Crippen LogP contribution in [0.25, 0.3) is 10.8 Å². The Balaban J connectivity index is 1.86. The highest BCUT2D eigenvalue weighted by Crippen LogP contribution is 2.25. The molecule has 1 N–H and O–H groups in total. The first-order valence-electron chi connectivity index (χ1n) is 6.71. The number of rotatable bonds is 2. The van der Waals surface area contributed by atoms with Crippen LogP contribution in [0.1, 0.15) is 11.7 Å². The molecule has 19 heavy (non-hydrogen) atoms. The van der Waals surface area contributed by atoms with Crippen LogP contribution in [-0.4, -0.2) is 42.9 Å². The fraction of sp³-hybridized carbons (Fsp3) is 0.375. The van der Waals surface area contributed by atoms with Crippen molar-refractivity contribution in [1.82, 2.24) is 4.90 Å². The van der Waals surface area contributed by atoms with Crippen molar-refractivity contribution in [2.45, 2.75) is 12.2 Å². The summed E-state index contributed by atoms with van der Waals surface area (Å²) >= 11 is 0. The minimum Gasteiger partial charge on any atom is -0.386 e. The van der Waals surface area contributed by atoms with Gasteiger partial charge in [-0.3, -0.25) is 0 Å². The van der Waals surface area contributed by atoms with Crippen molar-refractivity contribution < 1.29 is 9.84 Å². The molecule has 1 fully saturated rings. The molecule has 0 spiro atoms. The number of ether oxygens (including phenoxy) is 1. The number of likely N-dealkylation sites (N-methyl/N-ethyl adjacent to an activating group) is 1. The highest BCUT2D eigenvalue weighted by molar-refractivity contribution is 5.83. The van der Waals surface area contributed by atoms with Gasteiger partial charge in [0.05, 0.1) is 6.61 Å². The zero-order chi connectivity index (χ0) is 13.2. The average Bonchev–Trinajstić information content (AvgIpc) is 2.46. The molecule has 1 aliphatic rings. The van der Waals surface area contributed by atoms with Gasteiger partial charge in [0, 0.05) is 13.1 Å². The van der Waals surface area contributed by atoms with Gasteiger partial charge in [0.15, 0.2) is 0 Å². The Kier molecular flexibility index (Phi) is 3.51. The summed E-state index contributed by atoms with van der Waals surface area (Å²) in [5.41, 5.74) is 0.930. The molecule has 3 nitrogen and oxygen atoms in total. The highest BCUT2D eigenvalue weighted by atomic mass is 16.5. The van der Waals surface area contributed by atoms with Gasteiger partial charge in [-0.2, -0.15) is 0 Å². The lowest BCUT2D eigenvalue weighted by atomic mass is 9.99. The van der Waals surface area contributed by atoms with E-state index in [4.69, 9.17) is 4.74 Å². The molecule has 2 aromatic rings. The first-order valence-corrected chi connectivity index (χ1v) is 6.71. The van der Waals surface area contributed by atoms with Gasteiger partial charge in [-0.15, -0.1) is 0 Å². The largest absolute Gasteiger partial charge is 0.386 e. The summed E-state index contributed by atoms with van der Waals surface area (Å²) in [7, 11) is 2.06. The Morgan fingerprint density at radius 1 is 1.21 bits per heavy atom. The van der Waals surface area contributed by atoms with Crippen molar-refractivity contribution in [2.24, 2.45) is 0 Å². The summed E-state index contributed by atoms with van der Waals surface area (Å²) in [4.78, 5) is 2.19. The molecule has 0 aliphatic carbocycles. The fourth-order valence-corrected chi connectivity index (χ4v) is 2.61. The lowest BCUT2D eigenvalue weighted by Gasteiger charge is -2.33. The Morgan fingerprint density at radius 3 is 2.79 bits per heavy atom. The van der Waals surface area contributed by atoms with Crippen molar-refractivity contribution in [1.29, 1.82) is 0 Å². The molecule has 0 amide bonds. The molecular weight excluding hydrogens is 238 g/mol. The van der Waals surface area contributed by atoms with Gasteiger partial charge in [0.25, 0.3) is 0 Å². The maximum Gasteiger partial charge on any atom is 0.106 e. The topological polar surface area (TPSA) is 32.7 Å². The number of benzene rings is 2. The Morgan fingerprint density at radius 2 is 2.00 bits per heavy atom. The third-order valence-corrected chi connectivity index (χ3v) is 3.76. The number of aliphatic hydroxyl groups is 1. The van der Waals surface area contributed by atoms with Gasteiger partial charge >= 0.3 is 0 Å². The number of hydrogen-bond acceptors (Lipinski definition) is 3. The van der Waals surface area contributed by atoms with Crippen LogP contribution in [0.3, 0.4) is 0 Å². The van der Waals surface area contributed by atoms with Crippen LogP contribution in [0.5, 0.6) is 0 Å². The lowest BCUT2D eigenvalue weighted by Crippen LogP contribution is -2.42. The molecule has 100 valence electrons. The minimum absolute atomic E-state index is 0.139. The van der Waals surface area contributed by atoms with Crippen molar-refractivity contribution in [3.8, 4) is 0 Å². The first-order chi connectivity index (χ1) is 9.24. The van der Waals surface area contributed by atoms with Crippen LogP contribution in [0.2, 0.25) is 0 Å². The van der Waals surface area contributed by atoms with E-state index in [1.807, 2.05) is 18.2 Å². The summed E-state index contributed by atoms with van der Waals surface area (Å²) in [6, 6.07) is 14.3. The molecule has 0 radical (unpaired) electrons. The first kappa shape index (κ1) is 12.6. The number of aliphatic hydroxyl groups excluding tert-OH is 1. The van der Waals surface area contributed by atoms with E-state index in [2.05, 4.69) is 36.2 Å². The van der Waals surface area contributed by atoms with Gasteiger partial charge in [0.1, 0.15) is 12.2 Å². The molecule has 0 aromatic heterocycles. The monoisotopic (exact) mass is 257 g/mol. The minimum atomic E-state index is -0.563. The van der Waals surface area contributed by atoms with E-state index in [0.29, 0.717) is 6.61 Å². The second kappa shape index (κ2) is 5.29. The normalized spacial score (nSPS) is 22.5. The van der Waals surface area contributed by atoms with Crippen LogP contribution in [0.15, 0.2) is 42.5 Å². The number of nitrogens with zero attached hydrogens (tertiary/aromatic N) is 1. The van der Waals surface area contributed by atoms with E-state index in [1.54, 1.807) is 0 Å². The number of fused-ring (bicyclic) bond motifs is 1. The lowest BCUT2D eigenvalue weighted by molar-refractivity contribution is -0.0844. The molecule has 0 saturated carbocycles. The maximum atomic E-state index is 10.5. The van der Waals surface area contributed by atoms with E-state index >= 15 is 0 Å². The average molecular weight is 257 g/mol. The summed E-state index contributed by atoms with van der Waals surface area (Å²) < 4.78 is 5.68. The Hall–Kier alpha value is -1.42. The third-order valence-electron chi connectivity index (χ3n) is 3.76. The van der Waals surface area contributed by atoms with Crippen molar-refractivity contribution in [2.75, 3.05) is 26.7 Å². The van der Waals surface area contributed by atoms with E-state index in [1.165, 1.54) is 5.39 Å². The van der Waals surface area contributed by atoms with E-state index in [0.717, 1.165) is 24.0 Å². The zero-order valence-electron chi connectivity index (χ0n) is 11.1. The molecule has 2 unspecified atom stereocenters. The smallest absolute Gasteiger partial charge is 0.106 e. The highest BCUT2D eigenvalue weighted by Gasteiger charge is 2.26. The van der Waals surface area contributed by atoms with Gasteiger partial charge in [-0.05, 0) is 29.4 Å².